The molecule has 0 spiro atoms. The second-order valence-corrected chi connectivity index (χ2v) is 7.30. The van der Waals surface area contributed by atoms with E-state index in [1.165, 1.54) is 10.4 Å². The molecule has 3 aromatic rings. The fourth-order valence-corrected chi connectivity index (χ4v) is 3.47. The molecule has 0 radical (unpaired) electrons. The Balaban J connectivity index is 1.75. The van der Waals surface area contributed by atoms with Crippen LogP contribution in [0.3, 0.4) is 0 Å². The quantitative estimate of drug-likeness (QED) is 0.791. The largest absolute Gasteiger partial charge is 0.358 e. The number of rotatable bonds is 4. The van der Waals surface area contributed by atoms with Crippen LogP contribution in [0.25, 0.3) is 10.9 Å². The molecule has 0 aliphatic heterocycles. The van der Waals surface area contributed by atoms with E-state index < -0.39 is 0 Å². The number of hydrogen-bond donors (Lipinski definition) is 1. The molecule has 0 aliphatic carbocycles. The summed E-state index contributed by atoms with van der Waals surface area (Å²) in [5.41, 5.74) is 4.17. The lowest BCUT2D eigenvalue weighted by molar-refractivity contribution is 0.0797. The number of fused-ring (bicyclic) bond motifs is 1. The van der Waals surface area contributed by atoms with E-state index >= 15 is 0 Å². The first kappa shape index (κ1) is 15.7. The molecule has 4 nitrogen and oxygen atoms in total. The smallest absolute Gasteiger partial charge is 0.253 e. The third-order valence-corrected chi connectivity index (χ3v) is 5.20. The van der Waals surface area contributed by atoms with Crippen LogP contribution in [0, 0.1) is 20.8 Å². The van der Waals surface area contributed by atoms with Gasteiger partial charge in [-0.3, -0.25) is 4.79 Å². The van der Waals surface area contributed by atoms with Crippen molar-refractivity contribution >= 4 is 28.1 Å². The van der Waals surface area contributed by atoms with Crippen molar-refractivity contribution < 1.29 is 4.79 Å². The third-order valence-electron chi connectivity index (χ3n) is 4.23. The fourth-order valence-electron chi connectivity index (χ4n) is 2.70. The summed E-state index contributed by atoms with van der Waals surface area (Å²) in [6.07, 6.45) is 2.68. The number of aryl methyl sites for hydroxylation is 3. The van der Waals surface area contributed by atoms with Crippen LogP contribution in [0.2, 0.25) is 0 Å². The van der Waals surface area contributed by atoms with Gasteiger partial charge in [0.15, 0.2) is 0 Å². The Labute approximate surface area is 140 Å². The third kappa shape index (κ3) is 3.15. The summed E-state index contributed by atoms with van der Waals surface area (Å²) in [6.45, 7) is 6.86. The molecule has 0 saturated heterocycles. The number of nitrogens with one attached hydrogen (secondary N) is 1. The number of amides is 1. The first-order chi connectivity index (χ1) is 11.0. The highest BCUT2D eigenvalue weighted by Crippen LogP contribution is 2.23. The van der Waals surface area contributed by atoms with E-state index in [9.17, 15) is 4.79 Å². The maximum Gasteiger partial charge on any atom is 0.253 e. The molecule has 0 saturated carbocycles. The molecule has 120 valence electrons. The van der Waals surface area contributed by atoms with E-state index in [2.05, 4.69) is 23.8 Å². The Morgan fingerprint density at radius 3 is 2.78 bits per heavy atom. The van der Waals surface area contributed by atoms with E-state index in [1.807, 2.05) is 38.4 Å². The average molecular weight is 327 g/mol. The molecule has 1 aromatic carbocycles. The monoisotopic (exact) mass is 327 g/mol. The Morgan fingerprint density at radius 2 is 2.09 bits per heavy atom. The van der Waals surface area contributed by atoms with Crippen molar-refractivity contribution in [2.45, 2.75) is 27.2 Å². The Morgan fingerprint density at radius 1 is 1.30 bits per heavy atom. The maximum atomic E-state index is 12.6. The van der Waals surface area contributed by atoms with E-state index in [0.29, 0.717) is 6.54 Å². The molecule has 0 fully saturated rings. The topological polar surface area (TPSA) is 49.0 Å². The van der Waals surface area contributed by atoms with Gasteiger partial charge in [-0.25, -0.2) is 4.98 Å². The van der Waals surface area contributed by atoms with Crippen LogP contribution in [0.1, 0.15) is 31.5 Å². The van der Waals surface area contributed by atoms with E-state index in [-0.39, 0.29) is 5.91 Å². The highest BCUT2D eigenvalue weighted by molar-refractivity contribution is 7.11. The minimum atomic E-state index is 0.0541. The average Bonchev–Trinajstić information content (AvgIpc) is 3.08. The number of carbonyl (C=O) groups is 1. The van der Waals surface area contributed by atoms with Gasteiger partial charge in [0.2, 0.25) is 0 Å². The highest BCUT2D eigenvalue weighted by atomic mass is 32.1. The van der Waals surface area contributed by atoms with Crippen LogP contribution < -0.4 is 0 Å². The molecule has 2 heterocycles. The zero-order valence-electron chi connectivity index (χ0n) is 13.9. The Bertz CT molecular complexity index is 862. The molecule has 5 heteroatoms. The molecule has 1 amide bonds. The van der Waals surface area contributed by atoms with Crippen LogP contribution in [0.4, 0.5) is 0 Å². The number of aromatic amines is 1. The maximum absolute atomic E-state index is 12.6. The standard InChI is InChI=1S/C18H21N3OS/c1-11-10-19-17(23-11)7-8-21(4)18(22)14-5-6-16-15(9-14)12(2)13(3)20-16/h5-6,9-10,20H,7-8H2,1-4H3. The van der Waals surface area contributed by atoms with Gasteiger partial charge in [-0.15, -0.1) is 11.3 Å². The first-order valence-electron chi connectivity index (χ1n) is 7.71. The normalized spacial score (nSPS) is 11.1. The molecule has 2 aromatic heterocycles. The van der Waals surface area contributed by atoms with Gasteiger partial charge >= 0.3 is 0 Å². The van der Waals surface area contributed by atoms with Gasteiger partial charge in [0, 0.05) is 53.2 Å². The minimum absolute atomic E-state index is 0.0541. The Kier molecular flexibility index (Phi) is 4.22. The van der Waals surface area contributed by atoms with Crippen molar-refractivity contribution in [2.24, 2.45) is 0 Å². The molecule has 1 N–H and O–H groups in total. The van der Waals surface area contributed by atoms with Crippen LogP contribution in [-0.2, 0) is 6.42 Å². The number of benzene rings is 1. The lowest BCUT2D eigenvalue weighted by atomic mass is 10.1. The van der Waals surface area contributed by atoms with Gasteiger partial charge in [0.05, 0.1) is 5.01 Å². The number of thiazole rings is 1. The van der Waals surface area contributed by atoms with Crippen LogP contribution in [0.15, 0.2) is 24.4 Å². The van der Waals surface area contributed by atoms with Gasteiger partial charge in [-0.1, -0.05) is 0 Å². The Hall–Kier alpha value is -2.14. The molecule has 3 rings (SSSR count). The molecule has 0 bridgehead atoms. The summed E-state index contributed by atoms with van der Waals surface area (Å²) in [7, 11) is 1.85. The molecule has 0 aliphatic rings. The predicted octanol–water partition coefficient (Wildman–Crippen LogP) is 3.86. The summed E-state index contributed by atoms with van der Waals surface area (Å²) >= 11 is 1.69. The van der Waals surface area contributed by atoms with E-state index in [1.54, 1.807) is 16.2 Å². The number of carbonyl (C=O) groups excluding carboxylic acids is 1. The van der Waals surface area contributed by atoms with Crippen molar-refractivity contribution in [2.75, 3.05) is 13.6 Å². The van der Waals surface area contributed by atoms with Gasteiger partial charge in [-0.2, -0.15) is 0 Å². The van der Waals surface area contributed by atoms with Gasteiger partial charge in [0.25, 0.3) is 5.91 Å². The fraction of sp³-hybridized carbons (Fsp3) is 0.333. The molecular weight excluding hydrogens is 306 g/mol. The second-order valence-electron chi connectivity index (χ2n) is 5.98. The number of H-pyrrole nitrogens is 1. The second kappa shape index (κ2) is 6.16. The summed E-state index contributed by atoms with van der Waals surface area (Å²) < 4.78 is 0. The molecule has 0 atom stereocenters. The van der Waals surface area contributed by atoms with Gasteiger partial charge in [0.1, 0.15) is 0 Å². The van der Waals surface area contributed by atoms with Crippen molar-refractivity contribution in [1.82, 2.24) is 14.9 Å². The number of aromatic nitrogens is 2. The lowest BCUT2D eigenvalue weighted by Crippen LogP contribution is -2.28. The predicted molar refractivity (Wildman–Crippen MR) is 95.3 cm³/mol. The molecular formula is C18H21N3OS. The highest BCUT2D eigenvalue weighted by Gasteiger charge is 2.14. The van der Waals surface area contributed by atoms with Crippen LogP contribution in [-0.4, -0.2) is 34.4 Å². The summed E-state index contributed by atoms with van der Waals surface area (Å²) in [5.74, 6) is 0.0541. The van der Waals surface area contributed by atoms with Gasteiger partial charge < -0.3 is 9.88 Å². The van der Waals surface area contributed by atoms with Crippen LogP contribution >= 0.6 is 11.3 Å². The van der Waals surface area contributed by atoms with Crippen molar-refractivity contribution in [3.05, 3.63) is 51.1 Å². The van der Waals surface area contributed by atoms with Crippen molar-refractivity contribution in [3.63, 3.8) is 0 Å². The van der Waals surface area contributed by atoms with E-state index in [4.69, 9.17) is 0 Å². The first-order valence-corrected chi connectivity index (χ1v) is 8.53. The summed E-state index contributed by atoms with van der Waals surface area (Å²) in [5, 5.41) is 2.20. The van der Waals surface area contributed by atoms with Gasteiger partial charge in [-0.05, 0) is 44.5 Å². The summed E-state index contributed by atoms with van der Waals surface area (Å²) in [4.78, 5) is 23.3. The minimum Gasteiger partial charge on any atom is -0.358 e. The summed E-state index contributed by atoms with van der Waals surface area (Å²) in [6, 6.07) is 5.87. The zero-order valence-corrected chi connectivity index (χ0v) is 14.8. The molecule has 23 heavy (non-hydrogen) atoms. The van der Waals surface area contributed by atoms with Crippen molar-refractivity contribution in [3.8, 4) is 0 Å². The number of nitrogens with zero attached hydrogens (tertiary/aromatic N) is 2. The van der Waals surface area contributed by atoms with E-state index in [0.717, 1.165) is 33.6 Å². The number of hydrogen-bond acceptors (Lipinski definition) is 3. The zero-order chi connectivity index (χ0) is 16.6. The lowest BCUT2D eigenvalue weighted by Gasteiger charge is -2.16. The van der Waals surface area contributed by atoms with Crippen LogP contribution in [0.5, 0.6) is 0 Å². The SMILES string of the molecule is Cc1cnc(CCN(C)C(=O)c2ccc3[nH]c(C)c(C)c3c2)s1. The molecule has 0 unspecified atom stereocenters. The van der Waals surface area contributed by atoms with Crippen molar-refractivity contribution in [1.29, 1.82) is 0 Å². The number of likely N-dealkylation sites (N-methyl/N-ethyl adjacent to an activating group) is 1.